The van der Waals surface area contributed by atoms with Gasteiger partial charge in [-0.05, 0) is 76.6 Å². The van der Waals surface area contributed by atoms with Crippen molar-refractivity contribution in [3.05, 3.63) is 52.7 Å². The first kappa shape index (κ1) is 25.9. The number of carbonyl (C=O) groups excluding carboxylic acids is 3. The maximum atomic E-state index is 13.0. The molecule has 36 heavy (non-hydrogen) atoms. The average molecular weight is 512 g/mol. The van der Waals surface area contributed by atoms with Crippen LogP contribution in [0.2, 0.25) is 5.02 Å². The van der Waals surface area contributed by atoms with Crippen LogP contribution in [-0.2, 0) is 4.79 Å². The number of hydrogen-bond acceptors (Lipinski definition) is 5. The van der Waals surface area contributed by atoms with Crippen LogP contribution in [0.5, 0.6) is 0 Å². The van der Waals surface area contributed by atoms with Crippen LogP contribution in [0, 0.1) is 5.92 Å². The number of nitrogens with one attached hydrogen (secondary N) is 3. The fourth-order valence-electron chi connectivity index (χ4n) is 4.33. The van der Waals surface area contributed by atoms with E-state index in [-0.39, 0.29) is 35.2 Å². The molecule has 3 N–H and O–H groups in total. The molecular weight excluding hydrogens is 478 g/mol. The zero-order chi connectivity index (χ0) is 25.9. The van der Waals surface area contributed by atoms with E-state index >= 15 is 0 Å². The summed E-state index contributed by atoms with van der Waals surface area (Å²) in [6, 6.07) is 8.62. The number of pyridine rings is 1. The number of carbonyl (C=O) groups is 3. The van der Waals surface area contributed by atoms with Gasteiger partial charge in [0.1, 0.15) is 0 Å². The molecule has 0 bridgehead atoms. The van der Waals surface area contributed by atoms with Crippen LogP contribution in [0.3, 0.4) is 0 Å². The van der Waals surface area contributed by atoms with Gasteiger partial charge in [0.2, 0.25) is 5.91 Å². The van der Waals surface area contributed by atoms with E-state index < -0.39 is 0 Å². The standard InChI is InChI=1S/C27H34ClN5O3/c1-27(2,3)32-23(34)13-17-9-11-33(12-10-17)24-22(31-25(35)18-5-4-6-20(28)14-18)15-19(16-29-24)26(36)30-21-7-8-21/h4-6,14-17,21H,7-13H2,1-3H3,(H,30,36)(H,31,35)(H,32,34). The quantitative estimate of drug-likeness (QED) is 0.511. The molecule has 3 amide bonds. The first-order valence-corrected chi connectivity index (χ1v) is 12.9. The first-order chi connectivity index (χ1) is 17.1. The van der Waals surface area contributed by atoms with Gasteiger partial charge < -0.3 is 20.9 Å². The topological polar surface area (TPSA) is 103 Å². The van der Waals surface area contributed by atoms with E-state index in [1.54, 1.807) is 36.5 Å². The van der Waals surface area contributed by atoms with Crippen LogP contribution in [0.25, 0.3) is 0 Å². The number of amides is 3. The molecule has 1 saturated heterocycles. The van der Waals surface area contributed by atoms with Crippen LogP contribution in [0.1, 0.15) is 73.6 Å². The summed E-state index contributed by atoms with van der Waals surface area (Å²) < 4.78 is 0. The van der Waals surface area contributed by atoms with Crippen LogP contribution in [0.4, 0.5) is 11.5 Å². The Morgan fingerprint density at radius 1 is 1.03 bits per heavy atom. The van der Waals surface area contributed by atoms with Gasteiger partial charge in [-0.15, -0.1) is 0 Å². The zero-order valence-corrected chi connectivity index (χ0v) is 21.8. The third kappa shape index (κ3) is 7.20. The van der Waals surface area contributed by atoms with Crippen LogP contribution in [0.15, 0.2) is 36.5 Å². The van der Waals surface area contributed by atoms with E-state index in [1.807, 2.05) is 20.8 Å². The van der Waals surface area contributed by atoms with E-state index in [0.717, 1.165) is 25.7 Å². The molecule has 9 heteroatoms. The minimum Gasteiger partial charge on any atom is -0.355 e. The van der Waals surface area contributed by atoms with Crippen LogP contribution < -0.4 is 20.9 Å². The molecule has 0 atom stereocenters. The smallest absolute Gasteiger partial charge is 0.255 e. The Bertz CT molecular complexity index is 1130. The molecule has 2 heterocycles. The number of hydrogen-bond donors (Lipinski definition) is 3. The van der Waals surface area contributed by atoms with E-state index in [0.29, 0.717) is 47.2 Å². The maximum Gasteiger partial charge on any atom is 0.255 e. The highest BCUT2D eigenvalue weighted by Gasteiger charge is 2.27. The number of rotatable bonds is 7. The van der Waals surface area contributed by atoms with Crippen molar-refractivity contribution in [2.24, 2.45) is 5.92 Å². The molecular formula is C27H34ClN5O3. The van der Waals surface area contributed by atoms with Crippen molar-refractivity contribution in [1.82, 2.24) is 15.6 Å². The second kappa shape index (κ2) is 10.9. The predicted octanol–water partition coefficient (Wildman–Crippen LogP) is 4.40. The molecule has 1 saturated carbocycles. The Hall–Kier alpha value is -3.13. The normalized spacial score (nSPS) is 16.4. The van der Waals surface area contributed by atoms with Gasteiger partial charge in [-0.2, -0.15) is 0 Å². The Morgan fingerprint density at radius 3 is 2.39 bits per heavy atom. The number of aromatic nitrogens is 1. The highest BCUT2D eigenvalue weighted by molar-refractivity contribution is 6.31. The lowest BCUT2D eigenvalue weighted by atomic mass is 9.92. The Labute approximate surface area is 217 Å². The monoisotopic (exact) mass is 511 g/mol. The van der Waals surface area contributed by atoms with Gasteiger partial charge in [0.25, 0.3) is 11.8 Å². The highest BCUT2D eigenvalue weighted by Crippen LogP contribution is 2.31. The van der Waals surface area contributed by atoms with Crippen molar-refractivity contribution < 1.29 is 14.4 Å². The average Bonchev–Trinajstić information content (AvgIpc) is 3.62. The molecule has 8 nitrogen and oxygen atoms in total. The van der Waals surface area contributed by atoms with Gasteiger partial charge in [-0.25, -0.2) is 4.98 Å². The number of benzene rings is 1. The Morgan fingerprint density at radius 2 is 1.75 bits per heavy atom. The molecule has 0 radical (unpaired) electrons. The van der Waals surface area contributed by atoms with Gasteiger partial charge >= 0.3 is 0 Å². The second-order valence-electron chi connectivity index (χ2n) is 10.7. The van der Waals surface area contributed by atoms with Crippen molar-refractivity contribution in [3.8, 4) is 0 Å². The van der Waals surface area contributed by atoms with E-state index in [9.17, 15) is 14.4 Å². The van der Waals surface area contributed by atoms with Crippen molar-refractivity contribution >= 4 is 40.8 Å². The lowest BCUT2D eigenvalue weighted by Crippen LogP contribution is -2.42. The molecule has 192 valence electrons. The van der Waals surface area contributed by atoms with Gasteiger partial charge in [0, 0.05) is 47.9 Å². The number of piperidine rings is 1. The van der Waals surface area contributed by atoms with Gasteiger partial charge in [0.15, 0.2) is 5.82 Å². The predicted molar refractivity (Wildman–Crippen MR) is 142 cm³/mol. The molecule has 2 aromatic rings. The molecule has 1 aromatic carbocycles. The summed E-state index contributed by atoms with van der Waals surface area (Å²) in [5.74, 6) is 0.453. The van der Waals surface area contributed by atoms with E-state index in [2.05, 4.69) is 25.8 Å². The maximum absolute atomic E-state index is 13.0. The number of anilines is 2. The third-order valence-electron chi connectivity index (χ3n) is 6.28. The molecule has 0 spiro atoms. The summed E-state index contributed by atoms with van der Waals surface area (Å²) in [6.45, 7) is 7.34. The lowest BCUT2D eigenvalue weighted by molar-refractivity contribution is -0.123. The Kier molecular flexibility index (Phi) is 7.83. The molecule has 2 fully saturated rings. The second-order valence-corrected chi connectivity index (χ2v) is 11.2. The fraction of sp³-hybridized carbons (Fsp3) is 0.481. The minimum atomic E-state index is -0.325. The van der Waals surface area contributed by atoms with Crippen molar-refractivity contribution in [2.45, 2.75) is 64.5 Å². The summed E-state index contributed by atoms with van der Waals surface area (Å²) in [4.78, 5) is 44.7. The van der Waals surface area contributed by atoms with E-state index in [1.165, 1.54) is 0 Å². The highest BCUT2D eigenvalue weighted by atomic mass is 35.5. The van der Waals surface area contributed by atoms with Gasteiger partial charge in [-0.1, -0.05) is 17.7 Å². The Balaban J connectivity index is 1.49. The number of nitrogens with zero attached hydrogens (tertiary/aromatic N) is 2. The minimum absolute atomic E-state index is 0.0691. The summed E-state index contributed by atoms with van der Waals surface area (Å²) in [5, 5.41) is 9.41. The molecule has 2 aliphatic rings. The van der Waals surface area contributed by atoms with Crippen molar-refractivity contribution in [1.29, 1.82) is 0 Å². The molecule has 4 rings (SSSR count). The van der Waals surface area contributed by atoms with Crippen molar-refractivity contribution in [2.75, 3.05) is 23.3 Å². The zero-order valence-electron chi connectivity index (χ0n) is 21.1. The number of halogens is 1. The SMILES string of the molecule is CC(C)(C)NC(=O)CC1CCN(c2ncc(C(=O)NC3CC3)cc2NC(=O)c2cccc(Cl)c2)CC1. The summed E-state index contributed by atoms with van der Waals surface area (Å²) >= 11 is 6.07. The van der Waals surface area contributed by atoms with Crippen molar-refractivity contribution in [3.63, 3.8) is 0 Å². The summed E-state index contributed by atoms with van der Waals surface area (Å²) in [6.07, 6.45) is 5.70. The molecule has 1 aromatic heterocycles. The largest absolute Gasteiger partial charge is 0.355 e. The third-order valence-corrected chi connectivity index (χ3v) is 6.51. The fourth-order valence-corrected chi connectivity index (χ4v) is 4.52. The first-order valence-electron chi connectivity index (χ1n) is 12.5. The molecule has 1 aliphatic heterocycles. The van der Waals surface area contributed by atoms with Crippen LogP contribution in [-0.4, -0.2) is 47.4 Å². The van der Waals surface area contributed by atoms with E-state index in [4.69, 9.17) is 11.6 Å². The summed E-state index contributed by atoms with van der Waals surface area (Å²) in [5.41, 5.74) is 1.06. The lowest BCUT2D eigenvalue weighted by Gasteiger charge is -2.34. The summed E-state index contributed by atoms with van der Waals surface area (Å²) in [7, 11) is 0. The van der Waals surface area contributed by atoms with Crippen LogP contribution >= 0.6 is 11.6 Å². The van der Waals surface area contributed by atoms with Gasteiger partial charge in [0.05, 0.1) is 11.3 Å². The van der Waals surface area contributed by atoms with Gasteiger partial charge in [-0.3, -0.25) is 14.4 Å². The molecule has 0 unspecified atom stereocenters. The molecule has 1 aliphatic carbocycles.